The molecule has 1 atom stereocenters. The average Bonchev–Trinajstić information content (AvgIpc) is 2.80. The Bertz CT molecular complexity index is 483. The zero-order valence-corrected chi connectivity index (χ0v) is 13.5. The van der Waals surface area contributed by atoms with Crippen LogP contribution in [0.2, 0.25) is 0 Å². The van der Waals surface area contributed by atoms with E-state index in [4.69, 9.17) is 9.47 Å². The van der Waals surface area contributed by atoms with Gasteiger partial charge in [0.05, 0.1) is 6.61 Å². The van der Waals surface area contributed by atoms with Gasteiger partial charge in [0, 0.05) is 25.3 Å². The van der Waals surface area contributed by atoms with Crippen LogP contribution in [0.15, 0.2) is 23.3 Å². The standard InChI is InChI=1S/C17H24O5/c1-12(2)7-16(19)8-14(10-21-13(3)18)5-4-6-15-9-17(20)22-11-15/h7,9,14H,4-6,8,10-11H2,1-3H3. The topological polar surface area (TPSA) is 69.7 Å². The number of cyclic esters (lactones) is 1. The normalized spacial score (nSPS) is 14.9. The summed E-state index contributed by atoms with van der Waals surface area (Å²) in [5.74, 6) is -0.566. The molecule has 1 heterocycles. The molecule has 0 radical (unpaired) electrons. The first-order valence-electron chi connectivity index (χ1n) is 7.54. The van der Waals surface area contributed by atoms with Crippen molar-refractivity contribution in [2.75, 3.05) is 13.2 Å². The molecule has 0 N–H and O–H groups in total. The largest absolute Gasteiger partial charge is 0.466 e. The number of hydrogen-bond donors (Lipinski definition) is 0. The molecule has 0 aromatic carbocycles. The SMILES string of the molecule is CC(=O)OCC(CCCC1=CC(=O)OC1)CC(=O)C=C(C)C. The molecule has 1 aliphatic heterocycles. The number of allylic oxidation sites excluding steroid dienone is 2. The molecule has 0 amide bonds. The lowest BCUT2D eigenvalue weighted by molar-refractivity contribution is -0.143. The quantitative estimate of drug-likeness (QED) is 0.484. The Labute approximate surface area is 131 Å². The van der Waals surface area contributed by atoms with Gasteiger partial charge in [-0.15, -0.1) is 0 Å². The second-order valence-electron chi connectivity index (χ2n) is 5.86. The van der Waals surface area contributed by atoms with Crippen LogP contribution in [-0.4, -0.2) is 30.9 Å². The van der Waals surface area contributed by atoms with Crippen LogP contribution in [0.5, 0.6) is 0 Å². The number of carbonyl (C=O) groups excluding carboxylic acids is 3. The fraction of sp³-hybridized carbons (Fsp3) is 0.588. The smallest absolute Gasteiger partial charge is 0.331 e. The van der Waals surface area contributed by atoms with Gasteiger partial charge in [0.15, 0.2) is 5.78 Å². The number of carbonyl (C=O) groups is 3. The van der Waals surface area contributed by atoms with E-state index in [0.29, 0.717) is 13.0 Å². The highest BCUT2D eigenvalue weighted by atomic mass is 16.5. The molecule has 0 fully saturated rings. The van der Waals surface area contributed by atoms with Gasteiger partial charge in [0.1, 0.15) is 6.61 Å². The molecule has 0 aromatic heterocycles. The summed E-state index contributed by atoms with van der Waals surface area (Å²) < 4.78 is 9.89. The third-order valence-corrected chi connectivity index (χ3v) is 3.29. The van der Waals surface area contributed by atoms with Crippen molar-refractivity contribution >= 4 is 17.7 Å². The summed E-state index contributed by atoms with van der Waals surface area (Å²) in [6.45, 7) is 5.74. The Morgan fingerprint density at radius 2 is 2.09 bits per heavy atom. The molecule has 0 aliphatic carbocycles. The molecule has 0 spiro atoms. The summed E-state index contributed by atoms with van der Waals surface area (Å²) in [7, 11) is 0. The number of ether oxygens (including phenoxy) is 2. The van der Waals surface area contributed by atoms with Gasteiger partial charge in [-0.05, 0) is 44.8 Å². The van der Waals surface area contributed by atoms with Gasteiger partial charge >= 0.3 is 11.9 Å². The lowest BCUT2D eigenvalue weighted by atomic mass is 9.95. The molecule has 22 heavy (non-hydrogen) atoms. The molecule has 122 valence electrons. The van der Waals surface area contributed by atoms with Gasteiger partial charge in [-0.25, -0.2) is 4.79 Å². The van der Waals surface area contributed by atoms with Crippen LogP contribution in [0.3, 0.4) is 0 Å². The summed E-state index contributed by atoms with van der Waals surface area (Å²) in [5, 5.41) is 0. The van der Waals surface area contributed by atoms with E-state index in [1.807, 2.05) is 13.8 Å². The third-order valence-electron chi connectivity index (χ3n) is 3.29. The van der Waals surface area contributed by atoms with Crippen molar-refractivity contribution in [2.24, 2.45) is 5.92 Å². The van der Waals surface area contributed by atoms with Gasteiger partial charge in [0.25, 0.3) is 0 Å². The highest BCUT2D eigenvalue weighted by molar-refractivity contribution is 5.90. The minimum atomic E-state index is -0.336. The van der Waals surface area contributed by atoms with Crippen molar-refractivity contribution in [2.45, 2.75) is 46.5 Å². The van der Waals surface area contributed by atoms with Crippen LogP contribution in [0.25, 0.3) is 0 Å². The van der Waals surface area contributed by atoms with Crippen molar-refractivity contribution in [3.05, 3.63) is 23.3 Å². The third kappa shape index (κ3) is 7.76. The summed E-state index contributed by atoms with van der Waals surface area (Å²) in [5.41, 5.74) is 1.94. The van der Waals surface area contributed by atoms with Crippen LogP contribution < -0.4 is 0 Å². The van der Waals surface area contributed by atoms with Crippen LogP contribution in [0, 0.1) is 5.92 Å². The van der Waals surface area contributed by atoms with E-state index in [-0.39, 0.29) is 30.2 Å². The van der Waals surface area contributed by atoms with Crippen LogP contribution in [-0.2, 0) is 23.9 Å². The molecule has 0 bridgehead atoms. The number of ketones is 1. The maximum atomic E-state index is 11.9. The van der Waals surface area contributed by atoms with Crippen molar-refractivity contribution in [1.29, 1.82) is 0 Å². The minimum Gasteiger partial charge on any atom is -0.466 e. The first-order chi connectivity index (χ1) is 10.4. The Hall–Kier alpha value is -1.91. The molecular weight excluding hydrogens is 284 g/mol. The number of rotatable bonds is 9. The molecule has 1 rings (SSSR count). The molecule has 1 aliphatic rings. The van der Waals surface area contributed by atoms with E-state index < -0.39 is 0 Å². The van der Waals surface area contributed by atoms with E-state index in [0.717, 1.165) is 30.4 Å². The maximum absolute atomic E-state index is 11.9. The molecule has 1 unspecified atom stereocenters. The first kappa shape index (κ1) is 18.1. The Balaban J connectivity index is 2.44. The van der Waals surface area contributed by atoms with Gasteiger partial charge < -0.3 is 9.47 Å². The predicted molar refractivity (Wildman–Crippen MR) is 82.1 cm³/mol. The fourth-order valence-corrected chi connectivity index (χ4v) is 2.32. The first-order valence-corrected chi connectivity index (χ1v) is 7.54. The van der Waals surface area contributed by atoms with E-state index in [1.165, 1.54) is 13.0 Å². The van der Waals surface area contributed by atoms with Gasteiger partial charge in [-0.1, -0.05) is 5.57 Å². The average molecular weight is 308 g/mol. The van der Waals surface area contributed by atoms with E-state index >= 15 is 0 Å². The summed E-state index contributed by atoms with van der Waals surface area (Å²) >= 11 is 0. The van der Waals surface area contributed by atoms with Crippen molar-refractivity contribution in [1.82, 2.24) is 0 Å². The maximum Gasteiger partial charge on any atom is 0.331 e. The van der Waals surface area contributed by atoms with Crippen LogP contribution in [0.1, 0.15) is 46.5 Å². The van der Waals surface area contributed by atoms with E-state index in [2.05, 4.69) is 0 Å². The van der Waals surface area contributed by atoms with E-state index in [9.17, 15) is 14.4 Å². The van der Waals surface area contributed by atoms with Crippen LogP contribution >= 0.6 is 0 Å². The predicted octanol–water partition coefficient (Wildman–Crippen LogP) is 2.74. The summed E-state index contributed by atoms with van der Waals surface area (Å²) in [4.78, 5) is 33.8. The second kappa shape index (κ2) is 9.18. The fourth-order valence-electron chi connectivity index (χ4n) is 2.32. The number of hydrogen-bond acceptors (Lipinski definition) is 5. The van der Waals surface area contributed by atoms with Crippen LogP contribution in [0.4, 0.5) is 0 Å². The lowest BCUT2D eigenvalue weighted by Gasteiger charge is -2.15. The Kier molecular flexibility index (Phi) is 7.57. The second-order valence-corrected chi connectivity index (χ2v) is 5.86. The van der Waals surface area contributed by atoms with Gasteiger partial charge in [-0.3, -0.25) is 9.59 Å². The Morgan fingerprint density at radius 1 is 1.36 bits per heavy atom. The molecule has 0 saturated carbocycles. The monoisotopic (exact) mass is 308 g/mol. The summed E-state index contributed by atoms with van der Waals surface area (Å²) in [6, 6.07) is 0. The zero-order valence-electron chi connectivity index (χ0n) is 13.5. The number of esters is 2. The lowest BCUT2D eigenvalue weighted by Crippen LogP contribution is -2.16. The zero-order chi connectivity index (χ0) is 16.5. The highest BCUT2D eigenvalue weighted by Gasteiger charge is 2.17. The molecule has 5 nitrogen and oxygen atoms in total. The van der Waals surface area contributed by atoms with Crippen molar-refractivity contribution < 1.29 is 23.9 Å². The Morgan fingerprint density at radius 3 is 2.64 bits per heavy atom. The van der Waals surface area contributed by atoms with E-state index in [1.54, 1.807) is 6.08 Å². The molecule has 5 heteroatoms. The van der Waals surface area contributed by atoms with Gasteiger partial charge in [0.2, 0.25) is 0 Å². The van der Waals surface area contributed by atoms with Gasteiger partial charge in [-0.2, -0.15) is 0 Å². The minimum absolute atomic E-state index is 0.00521. The van der Waals surface area contributed by atoms with Crippen molar-refractivity contribution in [3.8, 4) is 0 Å². The summed E-state index contributed by atoms with van der Waals surface area (Å²) in [6.07, 6.45) is 5.87. The molecule has 0 saturated heterocycles. The highest BCUT2D eigenvalue weighted by Crippen LogP contribution is 2.19. The van der Waals surface area contributed by atoms with Crippen molar-refractivity contribution in [3.63, 3.8) is 0 Å². The molecular formula is C17H24O5. The molecule has 0 aromatic rings.